The van der Waals surface area contributed by atoms with Gasteiger partial charge in [-0.15, -0.1) is 0 Å². The molecule has 14 heavy (non-hydrogen) atoms. The van der Waals surface area contributed by atoms with Crippen LogP contribution in [0.4, 0.5) is 4.39 Å². The molecule has 1 aromatic rings. The van der Waals surface area contributed by atoms with Crippen LogP contribution in [0, 0.1) is 5.82 Å². The second-order valence-electron chi connectivity index (χ2n) is 2.35. The van der Waals surface area contributed by atoms with Gasteiger partial charge >= 0.3 is 0 Å². The van der Waals surface area contributed by atoms with E-state index in [0.29, 0.717) is 12.1 Å². The fourth-order valence-corrected chi connectivity index (χ4v) is 1.91. The van der Waals surface area contributed by atoms with E-state index in [2.05, 4.69) is 0 Å². The lowest BCUT2D eigenvalue weighted by Gasteiger charge is -1.99. The number of hydrogen-bond acceptors (Lipinski definition) is 4. The smallest absolute Gasteiger partial charge is 0.282 e. The van der Waals surface area contributed by atoms with Gasteiger partial charge in [0.2, 0.25) is 0 Å². The third-order valence-electron chi connectivity index (χ3n) is 1.40. The van der Waals surface area contributed by atoms with Crippen molar-refractivity contribution in [2.75, 3.05) is 0 Å². The molecular formula is C6H5FO5S2. The van der Waals surface area contributed by atoms with Gasteiger partial charge in [-0.25, -0.2) is 12.8 Å². The maximum Gasteiger partial charge on any atom is 0.297 e. The molecule has 0 aliphatic rings. The Kier molecular flexibility index (Phi) is 2.88. The summed E-state index contributed by atoms with van der Waals surface area (Å²) >= 11 is 0. The maximum absolute atomic E-state index is 12.8. The molecule has 0 bridgehead atoms. The van der Waals surface area contributed by atoms with Gasteiger partial charge in [0.15, 0.2) is 10.7 Å². The van der Waals surface area contributed by atoms with Crippen molar-refractivity contribution in [3.8, 4) is 0 Å². The van der Waals surface area contributed by atoms with E-state index in [1.54, 1.807) is 0 Å². The monoisotopic (exact) mass is 240 g/mol. The van der Waals surface area contributed by atoms with E-state index >= 15 is 0 Å². The van der Waals surface area contributed by atoms with Crippen molar-refractivity contribution in [3.05, 3.63) is 24.0 Å². The fraction of sp³-hybridized carbons (Fsp3) is 0. The van der Waals surface area contributed by atoms with E-state index in [-0.39, 0.29) is 4.90 Å². The molecule has 0 spiro atoms. The van der Waals surface area contributed by atoms with Gasteiger partial charge in [0, 0.05) is 0 Å². The van der Waals surface area contributed by atoms with Crippen molar-refractivity contribution in [3.63, 3.8) is 0 Å². The maximum atomic E-state index is 12.8. The zero-order chi connectivity index (χ0) is 10.9. The molecule has 78 valence electrons. The Morgan fingerprint density at radius 3 is 2.29 bits per heavy atom. The summed E-state index contributed by atoms with van der Waals surface area (Å²) in [5.41, 5.74) is 0. The van der Waals surface area contributed by atoms with Gasteiger partial charge in [-0.05, 0) is 18.2 Å². The first-order valence-corrected chi connectivity index (χ1v) is 5.85. The Bertz CT molecular complexity index is 523. The molecule has 0 saturated heterocycles. The first-order valence-electron chi connectivity index (χ1n) is 3.24. The Morgan fingerprint density at radius 2 is 1.86 bits per heavy atom. The zero-order valence-corrected chi connectivity index (χ0v) is 8.26. The standard InChI is InChI=1S/C6H5FO5S2/c7-5-2-1-4(13(8)9)3-6(5)14(10,11)12/h1-3,13H,(H,10,11,12). The molecule has 0 aliphatic carbocycles. The molecule has 0 unspecified atom stereocenters. The minimum Gasteiger partial charge on any atom is -0.282 e. The van der Waals surface area contributed by atoms with Crippen LogP contribution in [0.2, 0.25) is 0 Å². The van der Waals surface area contributed by atoms with Gasteiger partial charge in [-0.2, -0.15) is 8.42 Å². The predicted molar refractivity (Wildman–Crippen MR) is 44.8 cm³/mol. The SMILES string of the molecule is O=[SH](=O)c1ccc(F)c(S(=O)(=O)O)c1. The minimum atomic E-state index is -4.73. The average Bonchev–Trinajstić information content (AvgIpc) is 2.02. The van der Waals surface area contributed by atoms with Crippen LogP contribution in [0.3, 0.4) is 0 Å². The predicted octanol–water partition coefficient (Wildman–Crippen LogP) is 0.0427. The van der Waals surface area contributed by atoms with Crippen LogP contribution in [0.5, 0.6) is 0 Å². The second-order valence-corrected chi connectivity index (χ2v) is 4.77. The summed E-state index contributed by atoms with van der Waals surface area (Å²) in [4.78, 5) is -1.43. The van der Waals surface area contributed by atoms with Gasteiger partial charge in [0.05, 0.1) is 4.90 Å². The lowest BCUT2D eigenvalue weighted by atomic mass is 10.3. The molecule has 0 aromatic heterocycles. The van der Waals surface area contributed by atoms with Crippen LogP contribution in [0.15, 0.2) is 28.0 Å². The normalized spacial score (nSPS) is 11.9. The molecule has 1 rings (SSSR count). The molecule has 0 radical (unpaired) electrons. The van der Waals surface area contributed by atoms with E-state index < -0.39 is 31.5 Å². The van der Waals surface area contributed by atoms with E-state index in [4.69, 9.17) is 4.55 Å². The lowest BCUT2D eigenvalue weighted by molar-refractivity contribution is 0.473. The molecule has 0 saturated carbocycles. The van der Waals surface area contributed by atoms with E-state index in [1.165, 1.54) is 0 Å². The molecule has 1 aromatic carbocycles. The van der Waals surface area contributed by atoms with Gasteiger partial charge in [-0.1, -0.05) is 0 Å². The molecule has 0 aliphatic heterocycles. The second kappa shape index (κ2) is 3.64. The van der Waals surface area contributed by atoms with Crippen molar-refractivity contribution in [2.24, 2.45) is 0 Å². The highest BCUT2D eigenvalue weighted by molar-refractivity contribution is 7.85. The van der Waals surface area contributed by atoms with Crippen molar-refractivity contribution in [1.29, 1.82) is 0 Å². The summed E-state index contributed by atoms with van der Waals surface area (Å²) in [6.45, 7) is 0. The van der Waals surface area contributed by atoms with Gasteiger partial charge in [0.25, 0.3) is 10.1 Å². The Labute approximate surface area is 80.9 Å². The van der Waals surface area contributed by atoms with E-state index in [1.807, 2.05) is 0 Å². The molecule has 0 amide bonds. The average molecular weight is 240 g/mol. The summed E-state index contributed by atoms with van der Waals surface area (Å²) in [5.74, 6) is -1.20. The number of benzene rings is 1. The number of rotatable bonds is 2. The van der Waals surface area contributed by atoms with Crippen molar-refractivity contribution < 1.29 is 25.8 Å². The van der Waals surface area contributed by atoms with Gasteiger partial charge in [-0.3, -0.25) is 4.55 Å². The van der Waals surface area contributed by atoms with E-state index in [0.717, 1.165) is 6.07 Å². The topological polar surface area (TPSA) is 88.5 Å². The Hall–Kier alpha value is -0.990. The molecule has 5 nitrogen and oxygen atoms in total. The summed E-state index contributed by atoms with van der Waals surface area (Å²) in [6, 6.07) is 2.11. The largest absolute Gasteiger partial charge is 0.297 e. The molecular weight excluding hydrogens is 235 g/mol. The van der Waals surface area contributed by atoms with Crippen molar-refractivity contribution in [1.82, 2.24) is 0 Å². The molecule has 1 N–H and O–H groups in total. The van der Waals surface area contributed by atoms with Crippen LogP contribution in [-0.4, -0.2) is 21.4 Å². The van der Waals surface area contributed by atoms with E-state index in [9.17, 15) is 21.2 Å². The summed E-state index contributed by atoms with van der Waals surface area (Å²) in [6.07, 6.45) is 0. The van der Waals surface area contributed by atoms with Gasteiger partial charge < -0.3 is 0 Å². The van der Waals surface area contributed by atoms with Crippen LogP contribution in [0.1, 0.15) is 0 Å². The number of halogens is 1. The Morgan fingerprint density at radius 1 is 1.29 bits per heavy atom. The number of hydrogen-bond donors (Lipinski definition) is 2. The van der Waals surface area contributed by atoms with Gasteiger partial charge in [0.1, 0.15) is 10.7 Å². The van der Waals surface area contributed by atoms with Crippen LogP contribution >= 0.6 is 0 Å². The third kappa shape index (κ3) is 2.28. The molecule has 0 heterocycles. The van der Waals surface area contributed by atoms with Crippen LogP contribution < -0.4 is 0 Å². The highest BCUT2D eigenvalue weighted by atomic mass is 32.2. The zero-order valence-electron chi connectivity index (χ0n) is 6.55. The highest BCUT2D eigenvalue weighted by Crippen LogP contribution is 2.16. The minimum absolute atomic E-state index is 0.381. The molecule has 0 fully saturated rings. The summed E-state index contributed by atoms with van der Waals surface area (Å²) in [7, 11) is -7.75. The third-order valence-corrected chi connectivity index (χ3v) is 2.97. The summed E-state index contributed by atoms with van der Waals surface area (Å²) in [5, 5.41) is 0. The van der Waals surface area contributed by atoms with Crippen LogP contribution in [-0.2, 0) is 20.8 Å². The highest BCUT2D eigenvalue weighted by Gasteiger charge is 2.16. The van der Waals surface area contributed by atoms with Crippen molar-refractivity contribution in [2.45, 2.75) is 9.79 Å². The van der Waals surface area contributed by atoms with Crippen LogP contribution in [0.25, 0.3) is 0 Å². The first kappa shape index (κ1) is 11.1. The Balaban J connectivity index is 3.52. The first-order chi connectivity index (χ1) is 6.32. The quantitative estimate of drug-likeness (QED) is 0.563. The fourth-order valence-electron chi connectivity index (χ4n) is 0.803. The lowest BCUT2D eigenvalue weighted by Crippen LogP contribution is -2.02. The summed E-state index contributed by atoms with van der Waals surface area (Å²) < 4.78 is 63.3. The molecule has 0 atom stereocenters. The number of thiol groups is 1. The van der Waals surface area contributed by atoms with Crippen molar-refractivity contribution >= 4 is 20.8 Å². The molecule has 8 heteroatoms.